The van der Waals surface area contributed by atoms with Crippen molar-refractivity contribution in [2.45, 2.75) is 32.7 Å². The number of rotatable bonds is 5. The number of carbonyl (C=O) groups excluding carboxylic acids is 1. The molecule has 0 bridgehead atoms. The van der Waals surface area contributed by atoms with Gasteiger partial charge in [0.05, 0.1) is 5.54 Å². The molecule has 0 aliphatic heterocycles. The van der Waals surface area contributed by atoms with Gasteiger partial charge < -0.3 is 10.6 Å². The Morgan fingerprint density at radius 3 is 2.47 bits per heavy atom. The molecule has 2 N–H and O–H groups in total. The molecule has 0 radical (unpaired) electrons. The second kappa shape index (κ2) is 5.77. The average molecular weight is 235 g/mol. The van der Waals surface area contributed by atoms with Crippen molar-refractivity contribution in [1.29, 1.82) is 0 Å². The van der Waals surface area contributed by atoms with Gasteiger partial charge in [0.2, 0.25) is 5.91 Å². The van der Waals surface area contributed by atoms with Crippen LogP contribution in [0.15, 0.2) is 24.5 Å². The van der Waals surface area contributed by atoms with Crippen molar-refractivity contribution in [3.8, 4) is 0 Å². The number of carbonyl (C=O) groups is 1. The van der Waals surface area contributed by atoms with E-state index in [9.17, 15) is 4.79 Å². The summed E-state index contributed by atoms with van der Waals surface area (Å²) in [4.78, 5) is 17.8. The molecule has 0 aromatic carbocycles. The largest absolute Gasteiger partial charge is 0.341 e. The van der Waals surface area contributed by atoms with Crippen molar-refractivity contribution >= 4 is 5.91 Å². The molecule has 17 heavy (non-hydrogen) atoms. The maximum Gasteiger partial charge on any atom is 0.242 e. The zero-order valence-electron chi connectivity index (χ0n) is 10.8. The summed E-state index contributed by atoms with van der Waals surface area (Å²) in [5.41, 5.74) is 6.21. The summed E-state index contributed by atoms with van der Waals surface area (Å²) in [6.07, 6.45) is 4.36. The summed E-state index contributed by atoms with van der Waals surface area (Å²) < 4.78 is 0. The molecule has 0 atom stereocenters. The Hall–Kier alpha value is -1.42. The van der Waals surface area contributed by atoms with E-state index < -0.39 is 5.54 Å². The molecule has 0 unspecified atom stereocenters. The number of pyridine rings is 1. The molecule has 0 saturated heterocycles. The SMILES string of the molecule is CCN(CCc1ccncc1)C(=O)C(C)(C)N. The number of nitrogens with two attached hydrogens (primary N) is 1. The summed E-state index contributed by atoms with van der Waals surface area (Å²) in [5, 5.41) is 0. The lowest BCUT2D eigenvalue weighted by Crippen LogP contribution is -2.51. The molecule has 1 rings (SSSR count). The quantitative estimate of drug-likeness (QED) is 0.834. The minimum Gasteiger partial charge on any atom is -0.341 e. The van der Waals surface area contributed by atoms with Gasteiger partial charge in [-0.25, -0.2) is 0 Å². The Bertz CT molecular complexity index is 357. The zero-order valence-corrected chi connectivity index (χ0v) is 10.8. The highest BCUT2D eigenvalue weighted by Gasteiger charge is 2.26. The first-order valence-electron chi connectivity index (χ1n) is 5.92. The molecule has 1 aromatic heterocycles. The van der Waals surface area contributed by atoms with Crippen LogP contribution in [0.4, 0.5) is 0 Å². The lowest BCUT2D eigenvalue weighted by molar-refractivity contribution is -0.135. The third kappa shape index (κ3) is 4.15. The molecule has 0 aliphatic rings. The molecule has 0 spiro atoms. The van der Waals surface area contributed by atoms with E-state index in [1.807, 2.05) is 19.1 Å². The van der Waals surface area contributed by atoms with Gasteiger partial charge in [-0.3, -0.25) is 9.78 Å². The maximum atomic E-state index is 12.0. The third-order valence-corrected chi connectivity index (χ3v) is 2.64. The van der Waals surface area contributed by atoms with Crippen molar-refractivity contribution in [3.63, 3.8) is 0 Å². The second-order valence-corrected chi connectivity index (χ2v) is 4.71. The number of nitrogens with zero attached hydrogens (tertiary/aromatic N) is 2. The van der Waals surface area contributed by atoms with E-state index in [0.717, 1.165) is 6.42 Å². The van der Waals surface area contributed by atoms with E-state index in [0.29, 0.717) is 13.1 Å². The normalized spacial score (nSPS) is 11.3. The highest BCUT2D eigenvalue weighted by Crippen LogP contribution is 2.06. The van der Waals surface area contributed by atoms with Crippen LogP contribution in [-0.2, 0) is 11.2 Å². The van der Waals surface area contributed by atoms with Crippen molar-refractivity contribution in [1.82, 2.24) is 9.88 Å². The molecule has 1 amide bonds. The van der Waals surface area contributed by atoms with Gasteiger partial charge in [0.1, 0.15) is 0 Å². The maximum absolute atomic E-state index is 12.0. The van der Waals surface area contributed by atoms with Crippen molar-refractivity contribution in [2.75, 3.05) is 13.1 Å². The number of hydrogen-bond acceptors (Lipinski definition) is 3. The van der Waals surface area contributed by atoms with Gasteiger partial charge in [-0.2, -0.15) is 0 Å². The number of aromatic nitrogens is 1. The highest BCUT2D eigenvalue weighted by molar-refractivity contribution is 5.85. The average Bonchev–Trinajstić information content (AvgIpc) is 2.30. The standard InChI is InChI=1S/C13H21N3O/c1-4-16(12(17)13(2,3)14)10-7-11-5-8-15-9-6-11/h5-6,8-9H,4,7,10,14H2,1-3H3. The van der Waals surface area contributed by atoms with Gasteiger partial charge in [-0.05, 0) is 44.9 Å². The van der Waals surface area contributed by atoms with Crippen molar-refractivity contribution in [3.05, 3.63) is 30.1 Å². The highest BCUT2D eigenvalue weighted by atomic mass is 16.2. The summed E-state index contributed by atoms with van der Waals surface area (Å²) >= 11 is 0. The number of amides is 1. The summed E-state index contributed by atoms with van der Waals surface area (Å²) in [7, 11) is 0. The lowest BCUT2D eigenvalue weighted by Gasteiger charge is -2.28. The Labute approximate surface area is 103 Å². The Kier molecular flexibility index (Phi) is 4.63. The minimum absolute atomic E-state index is 0.00550. The smallest absolute Gasteiger partial charge is 0.242 e. The summed E-state index contributed by atoms with van der Waals surface area (Å²) in [5.74, 6) is -0.00550. The van der Waals surface area contributed by atoms with Gasteiger partial charge in [0.15, 0.2) is 0 Å². The Morgan fingerprint density at radius 1 is 1.41 bits per heavy atom. The van der Waals surface area contributed by atoms with Crippen LogP contribution in [0.1, 0.15) is 26.3 Å². The van der Waals surface area contributed by atoms with Crippen LogP contribution >= 0.6 is 0 Å². The van der Waals surface area contributed by atoms with Crippen molar-refractivity contribution in [2.24, 2.45) is 5.73 Å². The molecule has 1 aromatic rings. The first-order chi connectivity index (χ1) is 7.95. The van der Waals surface area contributed by atoms with E-state index >= 15 is 0 Å². The van der Waals surface area contributed by atoms with Crippen LogP contribution in [0.5, 0.6) is 0 Å². The molecular formula is C13H21N3O. The Balaban J connectivity index is 2.57. The molecule has 4 heteroatoms. The fourth-order valence-corrected chi connectivity index (χ4v) is 1.62. The third-order valence-electron chi connectivity index (χ3n) is 2.64. The topological polar surface area (TPSA) is 59.2 Å². The van der Waals surface area contributed by atoms with Crippen LogP contribution in [-0.4, -0.2) is 34.4 Å². The summed E-state index contributed by atoms with van der Waals surface area (Å²) in [6, 6.07) is 3.93. The molecule has 1 heterocycles. The summed E-state index contributed by atoms with van der Waals surface area (Å²) in [6.45, 7) is 6.83. The van der Waals surface area contributed by atoms with E-state index in [1.54, 1.807) is 31.1 Å². The van der Waals surface area contributed by atoms with Crippen molar-refractivity contribution < 1.29 is 4.79 Å². The Morgan fingerprint density at radius 2 is 2.00 bits per heavy atom. The van der Waals surface area contributed by atoms with Crippen LogP contribution < -0.4 is 5.73 Å². The van der Waals surface area contributed by atoms with E-state index in [1.165, 1.54) is 5.56 Å². The number of hydrogen-bond donors (Lipinski definition) is 1. The van der Waals surface area contributed by atoms with Gasteiger partial charge in [0, 0.05) is 25.5 Å². The van der Waals surface area contributed by atoms with Crippen LogP contribution in [0.2, 0.25) is 0 Å². The molecule has 0 aliphatic carbocycles. The lowest BCUT2D eigenvalue weighted by atomic mass is 10.0. The number of likely N-dealkylation sites (N-methyl/N-ethyl adjacent to an activating group) is 1. The van der Waals surface area contributed by atoms with Gasteiger partial charge >= 0.3 is 0 Å². The monoisotopic (exact) mass is 235 g/mol. The van der Waals surface area contributed by atoms with Crippen LogP contribution in [0.3, 0.4) is 0 Å². The fraction of sp³-hybridized carbons (Fsp3) is 0.538. The predicted octanol–water partition coefficient (Wildman–Crippen LogP) is 1.21. The fourth-order valence-electron chi connectivity index (χ4n) is 1.62. The predicted molar refractivity (Wildman–Crippen MR) is 68.5 cm³/mol. The molecule has 0 fully saturated rings. The molecule has 4 nitrogen and oxygen atoms in total. The van der Waals surface area contributed by atoms with Gasteiger partial charge in [0.25, 0.3) is 0 Å². The molecular weight excluding hydrogens is 214 g/mol. The van der Waals surface area contributed by atoms with Gasteiger partial charge in [-0.1, -0.05) is 0 Å². The van der Waals surface area contributed by atoms with Gasteiger partial charge in [-0.15, -0.1) is 0 Å². The minimum atomic E-state index is -0.797. The molecule has 0 saturated carbocycles. The zero-order chi connectivity index (χ0) is 12.9. The molecule has 94 valence electrons. The first-order valence-corrected chi connectivity index (χ1v) is 5.92. The van der Waals surface area contributed by atoms with Crippen LogP contribution in [0, 0.1) is 0 Å². The van der Waals surface area contributed by atoms with E-state index in [-0.39, 0.29) is 5.91 Å². The van der Waals surface area contributed by atoms with Crippen LogP contribution in [0.25, 0.3) is 0 Å². The van der Waals surface area contributed by atoms with E-state index in [4.69, 9.17) is 5.73 Å². The second-order valence-electron chi connectivity index (χ2n) is 4.71. The van der Waals surface area contributed by atoms with E-state index in [2.05, 4.69) is 4.98 Å². The first kappa shape index (κ1) is 13.6.